The van der Waals surface area contributed by atoms with Crippen LogP contribution in [0.5, 0.6) is 5.88 Å². The Morgan fingerprint density at radius 1 is 1.04 bits per heavy atom. The van der Waals surface area contributed by atoms with Gasteiger partial charge in [-0.25, -0.2) is 9.78 Å². The highest BCUT2D eigenvalue weighted by molar-refractivity contribution is 5.78. The van der Waals surface area contributed by atoms with Crippen LogP contribution in [0.4, 0.5) is 4.79 Å². The van der Waals surface area contributed by atoms with Gasteiger partial charge in [0, 0.05) is 18.0 Å². The van der Waals surface area contributed by atoms with Crippen LogP contribution < -0.4 is 10.1 Å². The molecule has 3 aromatic rings. The SMILES string of the molecule is O=C(NCCc1ccccc1)N1CC(Oc2ccc3ccccc3n2)C1. The first-order valence-corrected chi connectivity index (χ1v) is 8.87. The molecule has 2 aromatic carbocycles. The van der Waals surface area contributed by atoms with Gasteiger partial charge in [-0.1, -0.05) is 48.5 Å². The Hall–Kier alpha value is -3.08. The summed E-state index contributed by atoms with van der Waals surface area (Å²) in [5.74, 6) is 0.609. The predicted molar refractivity (Wildman–Crippen MR) is 101 cm³/mol. The number of carbonyl (C=O) groups excluding carboxylic acids is 1. The lowest BCUT2D eigenvalue weighted by atomic mass is 10.1. The number of pyridine rings is 1. The Balaban J connectivity index is 1.22. The fourth-order valence-electron chi connectivity index (χ4n) is 3.03. The number of fused-ring (bicyclic) bond motifs is 1. The standard InChI is InChI=1S/C21H21N3O2/c25-21(22-13-12-16-6-2-1-3-7-16)24-14-18(15-24)26-20-11-10-17-8-4-5-9-19(17)23-20/h1-11,18H,12-15H2,(H,22,25). The van der Waals surface area contributed by atoms with E-state index in [0.29, 0.717) is 25.5 Å². The van der Waals surface area contributed by atoms with Gasteiger partial charge in [0.05, 0.1) is 18.6 Å². The van der Waals surface area contributed by atoms with Crippen molar-refractivity contribution in [3.05, 3.63) is 72.3 Å². The van der Waals surface area contributed by atoms with Crippen molar-refractivity contribution in [2.24, 2.45) is 0 Å². The van der Waals surface area contributed by atoms with Crippen LogP contribution in [-0.2, 0) is 6.42 Å². The van der Waals surface area contributed by atoms with Gasteiger partial charge in [0.1, 0.15) is 6.10 Å². The zero-order chi connectivity index (χ0) is 17.8. The summed E-state index contributed by atoms with van der Waals surface area (Å²) >= 11 is 0. The highest BCUT2D eigenvalue weighted by atomic mass is 16.5. The number of nitrogens with zero attached hydrogens (tertiary/aromatic N) is 2. The molecule has 0 unspecified atom stereocenters. The van der Waals surface area contributed by atoms with E-state index in [1.165, 1.54) is 5.56 Å². The molecule has 1 aromatic heterocycles. The second-order valence-corrected chi connectivity index (χ2v) is 6.45. The number of rotatable bonds is 5. The number of ether oxygens (including phenoxy) is 1. The van der Waals surface area contributed by atoms with E-state index < -0.39 is 0 Å². The second-order valence-electron chi connectivity index (χ2n) is 6.45. The lowest BCUT2D eigenvalue weighted by Crippen LogP contribution is -2.59. The number of hydrogen-bond donors (Lipinski definition) is 1. The van der Waals surface area contributed by atoms with Crippen LogP contribution >= 0.6 is 0 Å². The van der Waals surface area contributed by atoms with Crippen LogP contribution in [0, 0.1) is 0 Å². The molecular weight excluding hydrogens is 326 g/mol. The summed E-state index contributed by atoms with van der Waals surface area (Å²) in [7, 11) is 0. The third kappa shape index (κ3) is 3.77. The summed E-state index contributed by atoms with van der Waals surface area (Å²) in [5, 5.41) is 4.05. The van der Waals surface area contributed by atoms with Gasteiger partial charge in [-0.3, -0.25) is 0 Å². The molecule has 0 spiro atoms. The topological polar surface area (TPSA) is 54.5 Å². The van der Waals surface area contributed by atoms with Gasteiger partial charge in [-0.15, -0.1) is 0 Å². The molecule has 1 saturated heterocycles. The van der Waals surface area contributed by atoms with Crippen LogP contribution in [-0.4, -0.2) is 41.7 Å². The normalized spacial score (nSPS) is 14.1. The van der Waals surface area contributed by atoms with Crippen molar-refractivity contribution >= 4 is 16.9 Å². The first-order valence-electron chi connectivity index (χ1n) is 8.87. The molecule has 1 fully saturated rings. The molecule has 0 radical (unpaired) electrons. The Bertz CT molecular complexity index is 892. The smallest absolute Gasteiger partial charge is 0.317 e. The summed E-state index contributed by atoms with van der Waals surface area (Å²) in [6.45, 7) is 1.81. The van der Waals surface area contributed by atoms with Gasteiger partial charge in [-0.05, 0) is 24.1 Å². The molecular formula is C21H21N3O2. The number of amides is 2. The zero-order valence-electron chi connectivity index (χ0n) is 14.5. The van der Waals surface area contributed by atoms with Gasteiger partial charge in [0.15, 0.2) is 0 Å². The van der Waals surface area contributed by atoms with Gasteiger partial charge in [-0.2, -0.15) is 0 Å². The van der Waals surface area contributed by atoms with E-state index in [2.05, 4.69) is 22.4 Å². The molecule has 2 amide bonds. The average molecular weight is 347 g/mol. The van der Waals surface area contributed by atoms with Crippen LogP contribution in [0.15, 0.2) is 66.7 Å². The third-order valence-corrected chi connectivity index (χ3v) is 4.53. The van der Waals surface area contributed by atoms with Crippen molar-refractivity contribution in [3.8, 4) is 5.88 Å². The molecule has 1 N–H and O–H groups in total. The number of para-hydroxylation sites is 1. The first-order chi connectivity index (χ1) is 12.8. The Kier molecular flexibility index (Phi) is 4.69. The predicted octanol–water partition coefficient (Wildman–Crippen LogP) is 3.25. The summed E-state index contributed by atoms with van der Waals surface area (Å²) in [5.41, 5.74) is 2.14. The molecule has 5 heteroatoms. The van der Waals surface area contributed by atoms with Gasteiger partial charge < -0.3 is 15.0 Å². The summed E-state index contributed by atoms with van der Waals surface area (Å²) in [6.07, 6.45) is 0.838. The minimum atomic E-state index is -0.0350. The summed E-state index contributed by atoms with van der Waals surface area (Å²) in [6, 6.07) is 21.9. The number of benzene rings is 2. The lowest BCUT2D eigenvalue weighted by Gasteiger charge is -2.38. The molecule has 26 heavy (non-hydrogen) atoms. The highest BCUT2D eigenvalue weighted by Gasteiger charge is 2.32. The Morgan fingerprint density at radius 2 is 1.81 bits per heavy atom. The number of hydrogen-bond acceptors (Lipinski definition) is 3. The molecule has 1 aliphatic rings. The van der Waals surface area contributed by atoms with Crippen LogP contribution in [0.25, 0.3) is 10.9 Å². The summed E-state index contributed by atoms with van der Waals surface area (Å²) < 4.78 is 5.88. The molecule has 1 aliphatic heterocycles. The highest BCUT2D eigenvalue weighted by Crippen LogP contribution is 2.20. The van der Waals surface area contributed by atoms with E-state index in [0.717, 1.165) is 17.3 Å². The minimum absolute atomic E-state index is 0.00327. The number of carbonyl (C=O) groups is 1. The second kappa shape index (κ2) is 7.44. The van der Waals surface area contributed by atoms with E-state index >= 15 is 0 Å². The number of nitrogens with one attached hydrogen (secondary N) is 1. The molecule has 0 saturated carbocycles. The molecule has 4 rings (SSSR count). The van der Waals surface area contributed by atoms with Crippen LogP contribution in [0.1, 0.15) is 5.56 Å². The molecule has 0 aliphatic carbocycles. The van der Waals surface area contributed by atoms with E-state index in [4.69, 9.17) is 4.74 Å². The summed E-state index contributed by atoms with van der Waals surface area (Å²) in [4.78, 5) is 18.4. The van der Waals surface area contributed by atoms with E-state index in [1.54, 1.807) is 4.90 Å². The Morgan fingerprint density at radius 3 is 2.65 bits per heavy atom. The Labute approximate surface area is 152 Å². The van der Waals surface area contributed by atoms with Crippen molar-refractivity contribution in [3.63, 3.8) is 0 Å². The van der Waals surface area contributed by atoms with Crippen molar-refractivity contribution < 1.29 is 9.53 Å². The number of aromatic nitrogens is 1. The molecule has 0 atom stereocenters. The van der Waals surface area contributed by atoms with Gasteiger partial charge in [0.2, 0.25) is 5.88 Å². The largest absolute Gasteiger partial charge is 0.471 e. The van der Waals surface area contributed by atoms with E-state index in [9.17, 15) is 4.79 Å². The zero-order valence-corrected chi connectivity index (χ0v) is 14.5. The van der Waals surface area contributed by atoms with E-state index in [1.807, 2.05) is 54.6 Å². The van der Waals surface area contributed by atoms with Gasteiger partial charge in [0.25, 0.3) is 0 Å². The molecule has 132 valence electrons. The van der Waals surface area contributed by atoms with Crippen molar-refractivity contribution in [1.29, 1.82) is 0 Å². The van der Waals surface area contributed by atoms with E-state index in [-0.39, 0.29) is 12.1 Å². The quantitative estimate of drug-likeness (QED) is 0.771. The molecule has 2 heterocycles. The number of urea groups is 1. The fourth-order valence-corrected chi connectivity index (χ4v) is 3.03. The average Bonchev–Trinajstić information content (AvgIpc) is 2.65. The van der Waals surface area contributed by atoms with Crippen LogP contribution in [0.3, 0.4) is 0 Å². The monoisotopic (exact) mass is 347 g/mol. The van der Waals surface area contributed by atoms with Gasteiger partial charge >= 0.3 is 6.03 Å². The van der Waals surface area contributed by atoms with Crippen molar-refractivity contribution in [2.45, 2.75) is 12.5 Å². The third-order valence-electron chi connectivity index (χ3n) is 4.53. The number of likely N-dealkylation sites (tertiary alicyclic amines) is 1. The molecule has 5 nitrogen and oxygen atoms in total. The fraction of sp³-hybridized carbons (Fsp3) is 0.238. The maximum atomic E-state index is 12.1. The van der Waals surface area contributed by atoms with Crippen molar-refractivity contribution in [1.82, 2.24) is 15.2 Å². The van der Waals surface area contributed by atoms with Crippen molar-refractivity contribution in [2.75, 3.05) is 19.6 Å². The first kappa shape index (κ1) is 16.4. The van der Waals surface area contributed by atoms with Crippen LogP contribution in [0.2, 0.25) is 0 Å². The minimum Gasteiger partial charge on any atom is -0.471 e. The molecule has 0 bridgehead atoms. The maximum Gasteiger partial charge on any atom is 0.317 e. The lowest BCUT2D eigenvalue weighted by molar-refractivity contribution is 0.0417. The maximum absolute atomic E-state index is 12.1.